The number of hydrogen-bond donors (Lipinski definition) is 2. The van der Waals surface area contributed by atoms with E-state index in [9.17, 15) is 9.59 Å². The monoisotopic (exact) mass is 264 g/mol. The summed E-state index contributed by atoms with van der Waals surface area (Å²) in [5, 5.41) is 5.62. The van der Waals surface area contributed by atoms with Crippen LogP contribution in [0, 0.1) is 6.92 Å². The van der Waals surface area contributed by atoms with E-state index in [1.165, 1.54) is 6.92 Å². The molecule has 1 aromatic rings. The van der Waals surface area contributed by atoms with E-state index in [0.29, 0.717) is 13.0 Å². The molecule has 0 aliphatic carbocycles. The number of aryl methyl sites for hydroxylation is 2. The number of nitrogens with one attached hydrogen (secondary N) is 2. The van der Waals surface area contributed by atoms with Gasteiger partial charge < -0.3 is 15.2 Å². The molecule has 2 amide bonds. The Balaban J connectivity index is 1.78. The standard InChI is InChI=1S/C13H20N4O2/c1-9-7-17-8-11(3-4-12(17)15-9)16-13(19)5-6-14-10(2)18/h7,11H,3-6,8H2,1-2H3,(H,14,18)(H,16,19)/t11-/m1/s1. The number of imidazole rings is 1. The summed E-state index contributed by atoms with van der Waals surface area (Å²) in [6.07, 6.45) is 4.16. The predicted octanol–water partition coefficient (Wildman–Crippen LogP) is 0.149. The van der Waals surface area contributed by atoms with Gasteiger partial charge in [-0.05, 0) is 13.3 Å². The Bertz CT molecular complexity index is 481. The van der Waals surface area contributed by atoms with Crippen molar-refractivity contribution in [2.45, 2.75) is 45.7 Å². The lowest BCUT2D eigenvalue weighted by Crippen LogP contribution is -2.41. The molecule has 2 heterocycles. The van der Waals surface area contributed by atoms with Crippen molar-refractivity contribution in [3.05, 3.63) is 17.7 Å². The molecule has 0 saturated carbocycles. The zero-order chi connectivity index (χ0) is 13.8. The number of amides is 2. The van der Waals surface area contributed by atoms with E-state index in [-0.39, 0.29) is 17.9 Å². The van der Waals surface area contributed by atoms with Gasteiger partial charge in [-0.25, -0.2) is 4.98 Å². The van der Waals surface area contributed by atoms with Crippen molar-refractivity contribution in [1.82, 2.24) is 20.2 Å². The van der Waals surface area contributed by atoms with Crippen LogP contribution in [-0.4, -0.2) is 34.0 Å². The van der Waals surface area contributed by atoms with Crippen LogP contribution in [-0.2, 0) is 22.6 Å². The quantitative estimate of drug-likeness (QED) is 0.812. The number of carbonyl (C=O) groups excluding carboxylic acids is 2. The topological polar surface area (TPSA) is 76.0 Å². The Morgan fingerprint density at radius 1 is 1.53 bits per heavy atom. The van der Waals surface area contributed by atoms with Gasteiger partial charge in [0.15, 0.2) is 0 Å². The van der Waals surface area contributed by atoms with Crippen LogP contribution in [0.1, 0.15) is 31.3 Å². The third kappa shape index (κ3) is 3.81. The van der Waals surface area contributed by atoms with Crippen molar-refractivity contribution < 1.29 is 9.59 Å². The maximum atomic E-state index is 11.7. The molecule has 0 bridgehead atoms. The van der Waals surface area contributed by atoms with Crippen LogP contribution >= 0.6 is 0 Å². The molecule has 1 atom stereocenters. The molecule has 1 aromatic heterocycles. The fraction of sp³-hybridized carbons (Fsp3) is 0.615. The van der Waals surface area contributed by atoms with Crippen LogP contribution in [0.15, 0.2) is 6.20 Å². The molecule has 1 aliphatic rings. The van der Waals surface area contributed by atoms with E-state index in [2.05, 4.69) is 20.2 Å². The normalized spacial score (nSPS) is 17.7. The van der Waals surface area contributed by atoms with E-state index in [1.807, 2.05) is 13.1 Å². The molecule has 0 unspecified atom stereocenters. The Labute approximate surface area is 112 Å². The van der Waals surface area contributed by atoms with Crippen LogP contribution < -0.4 is 10.6 Å². The van der Waals surface area contributed by atoms with Gasteiger partial charge in [-0.3, -0.25) is 9.59 Å². The van der Waals surface area contributed by atoms with Gasteiger partial charge in [0, 0.05) is 45.1 Å². The van der Waals surface area contributed by atoms with Gasteiger partial charge in [0.2, 0.25) is 11.8 Å². The summed E-state index contributed by atoms with van der Waals surface area (Å²) >= 11 is 0. The van der Waals surface area contributed by atoms with Gasteiger partial charge >= 0.3 is 0 Å². The molecule has 0 saturated heterocycles. The third-order valence-corrected chi connectivity index (χ3v) is 3.20. The number of rotatable bonds is 4. The van der Waals surface area contributed by atoms with Crippen molar-refractivity contribution in [3.8, 4) is 0 Å². The van der Waals surface area contributed by atoms with Gasteiger partial charge in [-0.15, -0.1) is 0 Å². The summed E-state index contributed by atoms with van der Waals surface area (Å²) < 4.78 is 2.11. The van der Waals surface area contributed by atoms with Gasteiger partial charge in [0.25, 0.3) is 0 Å². The van der Waals surface area contributed by atoms with Crippen molar-refractivity contribution in [3.63, 3.8) is 0 Å². The fourth-order valence-corrected chi connectivity index (χ4v) is 2.36. The zero-order valence-corrected chi connectivity index (χ0v) is 11.4. The molecule has 104 valence electrons. The molecular weight excluding hydrogens is 244 g/mol. The maximum absolute atomic E-state index is 11.7. The third-order valence-electron chi connectivity index (χ3n) is 3.20. The van der Waals surface area contributed by atoms with Gasteiger partial charge in [0.05, 0.1) is 5.69 Å². The number of nitrogens with zero attached hydrogens (tertiary/aromatic N) is 2. The second-order valence-corrected chi connectivity index (χ2v) is 4.99. The lowest BCUT2D eigenvalue weighted by Gasteiger charge is -2.24. The zero-order valence-electron chi connectivity index (χ0n) is 11.4. The van der Waals surface area contributed by atoms with E-state index in [1.54, 1.807) is 0 Å². The van der Waals surface area contributed by atoms with Gasteiger partial charge in [0.1, 0.15) is 5.82 Å². The molecule has 6 heteroatoms. The summed E-state index contributed by atoms with van der Waals surface area (Å²) in [6, 6.07) is 0.158. The fourth-order valence-electron chi connectivity index (χ4n) is 2.36. The number of aromatic nitrogens is 2. The smallest absolute Gasteiger partial charge is 0.222 e. The first kappa shape index (κ1) is 13.6. The average molecular weight is 264 g/mol. The van der Waals surface area contributed by atoms with Crippen LogP contribution in [0.3, 0.4) is 0 Å². The predicted molar refractivity (Wildman–Crippen MR) is 70.5 cm³/mol. The van der Waals surface area contributed by atoms with Crippen LogP contribution in [0.5, 0.6) is 0 Å². The SMILES string of the molecule is CC(=O)NCCC(=O)N[C@@H]1CCc2nc(C)cn2C1. The lowest BCUT2D eigenvalue weighted by atomic mass is 10.1. The van der Waals surface area contributed by atoms with E-state index in [4.69, 9.17) is 0 Å². The summed E-state index contributed by atoms with van der Waals surface area (Å²) in [4.78, 5) is 26.9. The maximum Gasteiger partial charge on any atom is 0.222 e. The van der Waals surface area contributed by atoms with Gasteiger partial charge in [-0.2, -0.15) is 0 Å². The molecule has 1 aliphatic heterocycles. The number of carbonyl (C=O) groups is 2. The van der Waals surface area contributed by atoms with Gasteiger partial charge in [-0.1, -0.05) is 0 Å². The highest BCUT2D eigenvalue weighted by Gasteiger charge is 2.20. The summed E-state index contributed by atoms with van der Waals surface area (Å²) in [6.45, 7) is 4.60. The highest BCUT2D eigenvalue weighted by atomic mass is 16.2. The van der Waals surface area contributed by atoms with E-state index >= 15 is 0 Å². The first-order valence-electron chi connectivity index (χ1n) is 6.61. The first-order valence-corrected chi connectivity index (χ1v) is 6.61. The van der Waals surface area contributed by atoms with Crippen LogP contribution in [0.4, 0.5) is 0 Å². The Kier molecular flexibility index (Phi) is 4.19. The van der Waals surface area contributed by atoms with Crippen LogP contribution in [0.25, 0.3) is 0 Å². The molecule has 0 spiro atoms. The Morgan fingerprint density at radius 2 is 2.32 bits per heavy atom. The second-order valence-electron chi connectivity index (χ2n) is 4.99. The molecule has 0 radical (unpaired) electrons. The average Bonchev–Trinajstić information content (AvgIpc) is 2.67. The summed E-state index contributed by atoms with van der Waals surface area (Å²) in [5.41, 5.74) is 1.02. The highest BCUT2D eigenvalue weighted by molar-refractivity contribution is 5.78. The summed E-state index contributed by atoms with van der Waals surface area (Å²) in [5.74, 6) is 0.976. The number of fused-ring (bicyclic) bond motifs is 1. The molecule has 6 nitrogen and oxygen atoms in total. The Hall–Kier alpha value is -1.85. The lowest BCUT2D eigenvalue weighted by molar-refractivity contribution is -0.122. The largest absolute Gasteiger partial charge is 0.356 e. The van der Waals surface area contributed by atoms with E-state index in [0.717, 1.165) is 30.9 Å². The first-order chi connectivity index (χ1) is 9.04. The molecule has 19 heavy (non-hydrogen) atoms. The molecule has 2 rings (SSSR count). The summed E-state index contributed by atoms with van der Waals surface area (Å²) in [7, 11) is 0. The minimum absolute atomic E-state index is 0.0148. The molecule has 2 N–H and O–H groups in total. The second kappa shape index (κ2) is 5.86. The minimum atomic E-state index is -0.107. The molecule has 0 aromatic carbocycles. The minimum Gasteiger partial charge on any atom is -0.356 e. The van der Waals surface area contributed by atoms with Crippen molar-refractivity contribution in [2.75, 3.05) is 6.54 Å². The Morgan fingerprint density at radius 3 is 3.05 bits per heavy atom. The van der Waals surface area contributed by atoms with Crippen molar-refractivity contribution in [2.24, 2.45) is 0 Å². The number of hydrogen-bond acceptors (Lipinski definition) is 3. The molecular formula is C13H20N4O2. The van der Waals surface area contributed by atoms with E-state index < -0.39 is 0 Å². The highest BCUT2D eigenvalue weighted by Crippen LogP contribution is 2.14. The van der Waals surface area contributed by atoms with Crippen molar-refractivity contribution in [1.29, 1.82) is 0 Å². The molecule has 0 fully saturated rings. The van der Waals surface area contributed by atoms with Crippen LogP contribution in [0.2, 0.25) is 0 Å². The van der Waals surface area contributed by atoms with Crippen molar-refractivity contribution >= 4 is 11.8 Å².